The van der Waals surface area contributed by atoms with E-state index in [4.69, 9.17) is 5.73 Å². The highest BCUT2D eigenvalue weighted by atomic mass is 16.3. The molecule has 118 valence electrons. The van der Waals surface area contributed by atoms with Crippen molar-refractivity contribution in [2.45, 2.75) is 52.7 Å². The molecule has 5 nitrogen and oxygen atoms in total. The number of amides is 1. The molecule has 3 N–H and O–H groups in total. The van der Waals surface area contributed by atoms with Crippen LogP contribution in [0.4, 0.5) is 0 Å². The summed E-state index contributed by atoms with van der Waals surface area (Å²) < 4.78 is 0. The van der Waals surface area contributed by atoms with Gasteiger partial charge in [0.2, 0.25) is 5.91 Å². The van der Waals surface area contributed by atoms with E-state index in [9.17, 15) is 9.90 Å². The zero-order chi connectivity index (χ0) is 15.8. The van der Waals surface area contributed by atoms with Gasteiger partial charge in [0.15, 0.2) is 0 Å². The first-order valence-electron chi connectivity index (χ1n) is 7.37. The molecule has 5 heteroatoms. The third-order valence-corrected chi connectivity index (χ3v) is 4.42. The first-order valence-corrected chi connectivity index (χ1v) is 7.37. The Morgan fingerprint density at radius 2 is 1.50 bits per heavy atom. The van der Waals surface area contributed by atoms with Crippen LogP contribution in [0, 0.1) is 5.41 Å². The molecule has 1 rings (SSSR count). The monoisotopic (exact) mass is 285 g/mol. The van der Waals surface area contributed by atoms with Gasteiger partial charge in [-0.15, -0.1) is 0 Å². The highest BCUT2D eigenvalue weighted by molar-refractivity contribution is 5.83. The summed E-state index contributed by atoms with van der Waals surface area (Å²) in [6.07, 6.45) is 0. The van der Waals surface area contributed by atoms with E-state index in [1.807, 2.05) is 46.4 Å². The Labute approximate surface area is 123 Å². The van der Waals surface area contributed by atoms with Gasteiger partial charge in [-0.25, -0.2) is 0 Å². The van der Waals surface area contributed by atoms with Crippen LogP contribution in [-0.4, -0.2) is 64.7 Å². The molecule has 1 aliphatic rings. The Morgan fingerprint density at radius 1 is 1.05 bits per heavy atom. The van der Waals surface area contributed by atoms with E-state index < -0.39 is 16.6 Å². The summed E-state index contributed by atoms with van der Waals surface area (Å²) in [7, 11) is 0. The largest absolute Gasteiger partial charge is 0.389 e. The minimum absolute atomic E-state index is 0.118. The minimum atomic E-state index is -0.690. The summed E-state index contributed by atoms with van der Waals surface area (Å²) in [5, 5.41) is 9.84. The molecule has 0 aromatic heterocycles. The second kappa shape index (κ2) is 5.62. The minimum Gasteiger partial charge on any atom is -0.389 e. The average molecular weight is 285 g/mol. The van der Waals surface area contributed by atoms with E-state index in [1.165, 1.54) is 0 Å². The summed E-state index contributed by atoms with van der Waals surface area (Å²) in [6, 6.07) is 0. The van der Waals surface area contributed by atoms with Gasteiger partial charge in [-0.05, 0) is 41.5 Å². The highest BCUT2D eigenvalue weighted by Gasteiger charge is 2.43. The Morgan fingerprint density at radius 3 is 1.85 bits per heavy atom. The van der Waals surface area contributed by atoms with Crippen molar-refractivity contribution in [3.05, 3.63) is 0 Å². The summed E-state index contributed by atoms with van der Waals surface area (Å²) in [6.45, 7) is 14.9. The number of hydrogen-bond donors (Lipinski definition) is 2. The average Bonchev–Trinajstić information content (AvgIpc) is 2.25. The van der Waals surface area contributed by atoms with Gasteiger partial charge < -0.3 is 15.7 Å². The predicted molar refractivity (Wildman–Crippen MR) is 81.4 cm³/mol. The number of nitrogens with two attached hydrogens (primary N) is 1. The Hall–Kier alpha value is -0.650. The van der Waals surface area contributed by atoms with Gasteiger partial charge in [0, 0.05) is 38.3 Å². The number of rotatable bonds is 4. The van der Waals surface area contributed by atoms with E-state index in [1.54, 1.807) is 0 Å². The molecule has 0 aliphatic carbocycles. The second-order valence-electron chi connectivity index (χ2n) is 7.73. The molecule has 20 heavy (non-hydrogen) atoms. The highest BCUT2D eigenvalue weighted by Crippen LogP contribution is 2.31. The van der Waals surface area contributed by atoms with Gasteiger partial charge in [0.05, 0.1) is 11.0 Å². The molecule has 1 heterocycles. The molecule has 0 radical (unpaired) electrons. The lowest BCUT2D eigenvalue weighted by molar-refractivity contribution is -0.145. The SMILES string of the molecule is CC(C)(O)CN1CCN(C(=O)C(C)(C)C(C)(C)N)CC1. The Balaban J connectivity index is 2.60. The van der Waals surface area contributed by atoms with Crippen molar-refractivity contribution in [1.29, 1.82) is 0 Å². The second-order valence-corrected chi connectivity index (χ2v) is 7.73. The molecule has 1 amide bonds. The number of carbonyl (C=O) groups excluding carboxylic acids is 1. The van der Waals surface area contributed by atoms with Gasteiger partial charge in [0.25, 0.3) is 0 Å². The topological polar surface area (TPSA) is 69.8 Å². The van der Waals surface area contributed by atoms with E-state index in [0.717, 1.165) is 13.1 Å². The predicted octanol–water partition coefficient (Wildman–Crippen LogP) is 0.665. The van der Waals surface area contributed by atoms with Crippen molar-refractivity contribution in [3.63, 3.8) is 0 Å². The fourth-order valence-corrected chi connectivity index (χ4v) is 2.33. The van der Waals surface area contributed by atoms with Gasteiger partial charge in [-0.1, -0.05) is 0 Å². The quantitative estimate of drug-likeness (QED) is 0.796. The fourth-order valence-electron chi connectivity index (χ4n) is 2.33. The molecule has 0 unspecified atom stereocenters. The lowest BCUT2D eigenvalue weighted by Gasteiger charge is -2.44. The van der Waals surface area contributed by atoms with Crippen LogP contribution in [0.1, 0.15) is 41.5 Å². The summed E-state index contributed by atoms with van der Waals surface area (Å²) in [5.74, 6) is 0.118. The molecule has 1 fully saturated rings. The first-order chi connectivity index (χ1) is 8.84. The van der Waals surface area contributed by atoms with Gasteiger partial charge in [0.1, 0.15) is 0 Å². The number of nitrogens with zero attached hydrogens (tertiary/aromatic N) is 2. The van der Waals surface area contributed by atoms with Gasteiger partial charge in [-0.2, -0.15) is 0 Å². The fraction of sp³-hybridized carbons (Fsp3) is 0.933. The molecule has 0 atom stereocenters. The van der Waals surface area contributed by atoms with Crippen LogP contribution >= 0.6 is 0 Å². The third kappa shape index (κ3) is 4.17. The van der Waals surface area contributed by atoms with E-state index in [-0.39, 0.29) is 5.91 Å². The van der Waals surface area contributed by atoms with Crippen LogP contribution in [0.3, 0.4) is 0 Å². The van der Waals surface area contributed by atoms with Crippen molar-refractivity contribution in [2.24, 2.45) is 11.1 Å². The smallest absolute Gasteiger partial charge is 0.230 e. The molecule has 1 saturated heterocycles. The van der Waals surface area contributed by atoms with Crippen LogP contribution in [-0.2, 0) is 4.79 Å². The van der Waals surface area contributed by atoms with Crippen molar-refractivity contribution in [2.75, 3.05) is 32.7 Å². The maximum Gasteiger partial charge on any atom is 0.230 e. The zero-order valence-electron chi connectivity index (χ0n) is 13.9. The van der Waals surface area contributed by atoms with Crippen LogP contribution in [0.15, 0.2) is 0 Å². The Bertz CT molecular complexity index is 345. The van der Waals surface area contributed by atoms with Gasteiger partial charge in [-0.3, -0.25) is 9.69 Å². The van der Waals surface area contributed by atoms with Crippen LogP contribution in [0.25, 0.3) is 0 Å². The normalized spacial score (nSPS) is 19.3. The number of hydrogen-bond acceptors (Lipinski definition) is 4. The number of piperazine rings is 1. The molecule has 0 aromatic rings. The lowest BCUT2D eigenvalue weighted by Crippen LogP contribution is -2.60. The van der Waals surface area contributed by atoms with Crippen molar-refractivity contribution in [1.82, 2.24) is 9.80 Å². The number of aliphatic hydroxyl groups is 1. The lowest BCUT2D eigenvalue weighted by atomic mass is 9.74. The number of β-amino-alcohol motifs (C(OH)–C–C–N with tert-alkyl or cyclic N) is 1. The maximum atomic E-state index is 12.6. The summed E-state index contributed by atoms with van der Waals surface area (Å²) >= 11 is 0. The standard InChI is InChI=1S/C15H31N3O2/c1-13(2,20)11-17-7-9-18(10-8-17)12(19)14(3,4)15(5,6)16/h20H,7-11,16H2,1-6H3. The first kappa shape index (κ1) is 17.4. The Kier molecular flexibility index (Phi) is 4.89. The van der Waals surface area contributed by atoms with E-state index >= 15 is 0 Å². The number of carbonyl (C=O) groups is 1. The van der Waals surface area contributed by atoms with Crippen molar-refractivity contribution >= 4 is 5.91 Å². The molecule has 0 spiro atoms. The molecular weight excluding hydrogens is 254 g/mol. The third-order valence-electron chi connectivity index (χ3n) is 4.42. The maximum absolute atomic E-state index is 12.6. The van der Waals surface area contributed by atoms with Crippen molar-refractivity contribution in [3.8, 4) is 0 Å². The van der Waals surface area contributed by atoms with Gasteiger partial charge >= 0.3 is 0 Å². The molecule has 0 aromatic carbocycles. The van der Waals surface area contributed by atoms with Crippen LogP contribution in [0.2, 0.25) is 0 Å². The van der Waals surface area contributed by atoms with Crippen LogP contribution in [0.5, 0.6) is 0 Å². The molecule has 0 bridgehead atoms. The summed E-state index contributed by atoms with van der Waals surface area (Å²) in [5.41, 5.74) is 4.33. The molecule has 0 saturated carbocycles. The van der Waals surface area contributed by atoms with E-state index in [2.05, 4.69) is 4.90 Å². The van der Waals surface area contributed by atoms with E-state index in [0.29, 0.717) is 19.6 Å². The molecular formula is C15H31N3O2. The molecule has 1 aliphatic heterocycles. The summed E-state index contributed by atoms with van der Waals surface area (Å²) in [4.78, 5) is 16.7. The zero-order valence-corrected chi connectivity index (χ0v) is 13.9. The van der Waals surface area contributed by atoms with Crippen molar-refractivity contribution < 1.29 is 9.90 Å². The van der Waals surface area contributed by atoms with Crippen LogP contribution < -0.4 is 5.73 Å².